The lowest BCUT2D eigenvalue weighted by Crippen LogP contribution is -2.53. The van der Waals surface area contributed by atoms with Crippen LogP contribution in [0, 0.1) is 0 Å². The SMILES string of the molecule is c1cc(-c2ccc3c(c2)B2Oc4cc(-c5ccc6c(c5)oc5ccccc56)ccc4-c4cccc(c42)O3)cc(-n2c3ccccc3c3ccccc32)c1. The van der Waals surface area contributed by atoms with Gasteiger partial charge < -0.3 is 18.4 Å². The summed E-state index contributed by atoms with van der Waals surface area (Å²) in [5.41, 5.74) is 14.0. The highest BCUT2D eigenvalue weighted by Gasteiger charge is 2.40. The molecule has 0 saturated carbocycles. The maximum Gasteiger partial charge on any atom is 0.434 e. The van der Waals surface area contributed by atoms with Crippen molar-refractivity contribution in [2.75, 3.05) is 0 Å². The number of nitrogens with zero attached hydrogens (tertiary/aromatic N) is 1. The van der Waals surface area contributed by atoms with Crippen LogP contribution in [0.4, 0.5) is 0 Å². The first-order chi connectivity index (χ1) is 26.2. The van der Waals surface area contributed by atoms with Gasteiger partial charge in [-0.25, -0.2) is 0 Å². The van der Waals surface area contributed by atoms with Crippen molar-refractivity contribution in [3.8, 4) is 56.3 Å². The van der Waals surface area contributed by atoms with Gasteiger partial charge in [-0.05, 0) is 88.5 Å². The Morgan fingerprint density at radius 3 is 1.96 bits per heavy atom. The molecule has 2 aliphatic rings. The number of fused-ring (bicyclic) bond motifs is 10. The molecule has 4 nitrogen and oxygen atoms in total. The number of rotatable bonds is 3. The van der Waals surface area contributed by atoms with E-state index in [9.17, 15) is 0 Å². The molecule has 4 heterocycles. The van der Waals surface area contributed by atoms with E-state index in [0.717, 1.165) is 89.2 Å². The zero-order valence-electron chi connectivity index (χ0n) is 28.4. The highest BCUT2D eigenvalue weighted by molar-refractivity contribution is 6.84. The molecule has 12 rings (SSSR count). The quantitative estimate of drug-likeness (QED) is 0.175. The molecule has 2 aliphatic heterocycles. The zero-order valence-corrected chi connectivity index (χ0v) is 28.4. The monoisotopic (exact) mass is 677 g/mol. The standard InChI is InChI=1S/C48H28BNO3/c1-4-15-41-34(11-1)35-12-2-5-16-42(35)50(41)33-10-7-9-29(25-33)30-21-24-44-40(26-30)49-48-39(14-8-18-45(48)52-44)38-23-20-32(28-47(38)53-49)31-19-22-37-36-13-3-6-17-43(36)51-46(37)27-31/h1-28H. The number of benzene rings is 8. The lowest BCUT2D eigenvalue weighted by Gasteiger charge is -2.33. The summed E-state index contributed by atoms with van der Waals surface area (Å²) in [5, 5.41) is 4.75. The third kappa shape index (κ3) is 4.19. The Hall–Kier alpha value is -6.98. The summed E-state index contributed by atoms with van der Waals surface area (Å²) in [7, 11) is 0. The highest BCUT2D eigenvalue weighted by atomic mass is 16.5. The minimum absolute atomic E-state index is 0.314. The lowest BCUT2D eigenvalue weighted by molar-refractivity contribution is 0.479. The van der Waals surface area contributed by atoms with Crippen LogP contribution in [-0.2, 0) is 0 Å². The summed E-state index contributed by atoms with van der Waals surface area (Å²) in [4.78, 5) is 0. The van der Waals surface area contributed by atoms with Gasteiger partial charge in [-0.3, -0.25) is 0 Å². The van der Waals surface area contributed by atoms with Crippen molar-refractivity contribution in [2.24, 2.45) is 0 Å². The van der Waals surface area contributed by atoms with Crippen LogP contribution < -0.4 is 20.3 Å². The molecule has 0 aliphatic carbocycles. The Morgan fingerprint density at radius 2 is 1.09 bits per heavy atom. The Labute approximate surface area is 305 Å². The van der Waals surface area contributed by atoms with E-state index in [1.807, 2.05) is 18.2 Å². The van der Waals surface area contributed by atoms with Gasteiger partial charge in [0.1, 0.15) is 28.4 Å². The van der Waals surface area contributed by atoms with Gasteiger partial charge in [0, 0.05) is 43.7 Å². The molecule has 0 spiro atoms. The van der Waals surface area contributed by atoms with Gasteiger partial charge >= 0.3 is 6.92 Å². The predicted molar refractivity (Wildman–Crippen MR) is 217 cm³/mol. The second-order valence-electron chi connectivity index (χ2n) is 14.0. The Balaban J connectivity index is 0.956. The normalized spacial score (nSPS) is 12.8. The summed E-state index contributed by atoms with van der Waals surface area (Å²) in [6.45, 7) is -0.314. The van der Waals surface area contributed by atoms with Gasteiger partial charge in [0.15, 0.2) is 0 Å². The second-order valence-corrected chi connectivity index (χ2v) is 14.0. The fourth-order valence-electron chi connectivity index (χ4n) is 8.64. The van der Waals surface area contributed by atoms with Crippen LogP contribution in [0.15, 0.2) is 174 Å². The Morgan fingerprint density at radius 1 is 0.415 bits per heavy atom. The van der Waals surface area contributed by atoms with Gasteiger partial charge in [0.2, 0.25) is 0 Å². The maximum atomic E-state index is 7.03. The molecule has 246 valence electrons. The molecule has 0 saturated heterocycles. The van der Waals surface area contributed by atoms with E-state index in [-0.39, 0.29) is 6.92 Å². The molecule has 0 bridgehead atoms. The van der Waals surface area contributed by atoms with Crippen LogP contribution in [0.1, 0.15) is 0 Å². The molecule has 0 unspecified atom stereocenters. The van der Waals surface area contributed by atoms with Crippen LogP contribution in [0.5, 0.6) is 17.2 Å². The van der Waals surface area contributed by atoms with Crippen molar-refractivity contribution in [3.63, 3.8) is 0 Å². The average Bonchev–Trinajstić information content (AvgIpc) is 3.76. The van der Waals surface area contributed by atoms with Crippen molar-refractivity contribution in [3.05, 3.63) is 170 Å². The topological polar surface area (TPSA) is 36.5 Å². The first kappa shape index (κ1) is 28.7. The summed E-state index contributed by atoms with van der Waals surface area (Å²) >= 11 is 0. The van der Waals surface area contributed by atoms with Gasteiger partial charge in [0.25, 0.3) is 0 Å². The van der Waals surface area contributed by atoms with E-state index in [0.29, 0.717) is 0 Å². The van der Waals surface area contributed by atoms with Gasteiger partial charge in [-0.2, -0.15) is 0 Å². The number of furan rings is 1. The lowest BCUT2D eigenvalue weighted by atomic mass is 9.50. The van der Waals surface area contributed by atoms with Crippen LogP contribution in [0.2, 0.25) is 0 Å². The van der Waals surface area contributed by atoms with E-state index in [1.54, 1.807) is 0 Å². The van der Waals surface area contributed by atoms with Gasteiger partial charge in [0.05, 0.1) is 11.0 Å². The maximum absolute atomic E-state index is 7.03. The Bertz CT molecular complexity index is 3100. The molecule has 0 atom stereocenters. The van der Waals surface area contributed by atoms with E-state index >= 15 is 0 Å². The van der Waals surface area contributed by atoms with Crippen LogP contribution >= 0.6 is 0 Å². The molecular formula is C48H28BNO3. The fourth-order valence-corrected chi connectivity index (χ4v) is 8.64. The van der Waals surface area contributed by atoms with Crippen molar-refractivity contribution in [2.45, 2.75) is 0 Å². The number of para-hydroxylation sites is 3. The third-order valence-corrected chi connectivity index (χ3v) is 11.1. The van der Waals surface area contributed by atoms with E-state index in [1.165, 1.54) is 21.8 Å². The zero-order chi connectivity index (χ0) is 34.6. The predicted octanol–water partition coefficient (Wildman–Crippen LogP) is 11.3. The van der Waals surface area contributed by atoms with Crippen molar-refractivity contribution >= 4 is 61.6 Å². The molecule has 5 heteroatoms. The number of ether oxygens (including phenoxy) is 1. The molecule has 0 N–H and O–H groups in total. The molecule has 0 fully saturated rings. The van der Waals surface area contributed by atoms with Gasteiger partial charge in [-0.1, -0.05) is 109 Å². The van der Waals surface area contributed by atoms with E-state index < -0.39 is 0 Å². The van der Waals surface area contributed by atoms with Crippen molar-refractivity contribution in [1.82, 2.24) is 4.57 Å². The number of hydrogen-bond acceptors (Lipinski definition) is 3. The van der Waals surface area contributed by atoms with Crippen LogP contribution in [0.3, 0.4) is 0 Å². The molecule has 2 aromatic heterocycles. The third-order valence-electron chi connectivity index (χ3n) is 11.1. The molecule has 0 radical (unpaired) electrons. The summed E-state index contributed by atoms with van der Waals surface area (Å²) in [6, 6.07) is 60.0. The van der Waals surface area contributed by atoms with Crippen LogP contribution in [0.25, 0.3) is 82.8 Å². The van der Waals surface area contributed by atoms with Crippen molar-refractivity contribution < 1.29 is 13.8 Å². The number of hydrogen-bond donors (Lipinski definition) is 0. The largest absolute Gasteiger partial charge is 0.551 e. The van der Waals surface area contributed by atoms with Crippen LogP contribution in [-0.4, -0.2) is 11.5 Å². The van der Waals surface area contributed by atoms with Crippen molar-refractivity contribution in [1.29, 1.82) is 0 Å². The van der Waals surface area contributed by atoms with Gasteiger partial charge in [-0.15, -0.1) is 0 Å². The Kier molecular flexibility index (Phi) is 5.83. The molecule has 8 aromatic carbocycles. The smallest absolute Gasteiger partial charge is 0.434 e. The van der Waals surface area contributed by atoms with E-state index in [4.69, 9.17) is 13.8 Å². The first-order valence-corrected chi connectivity index (χ1v) is 18.0. The first-order valence-electron chi connectivity index (χ1n) is 18.0. The average molecular weight is 678 g/mol. The van der Waals surface area contributed by atoms with E-state index in [2.05, 4.69) is 156 Å². The molecule has 10 aromatic rings. The molecule has 0 amide bonds. The highest BCUT2D eigenvalue weighted by Crippen LogP contribution is 2.42. The minimum atomic E-state index is -0.314. The minimum Gasteiger partial charge on any atom is -0.551 e. The summed E-state index contributed by atoms with van der Waals surface area (Å²) in [5.74, 6) is 2.51. The summed E-state index contributed by atoms with van der Waals surface area (Å²) in [6.07, 6.45) is 0. The second kappa shape index (κ2) is 10.8. The number of aromatic nitrogens is 1. The fraction of sp³-hybridized carbons (Fsp3) is 0. The molecular weight excluding hydrogens is 649 g/mol. The molecule has 53 heavy (non-hydrogen) atoms. The summed E-state index contributed by atoms with van der Waals surface area (Å²) < 4.78 is 22.2.